The first kappa shape index (κ1) is 15.6. The summed E-state index contributed by atoms with van der Waals surface area (Å²) in [5, 5.41) is 0.647. The monoisotopic (exact) mass is 306 g/mol. The molecule has 0 saturated carbocycles. The summed E-state index contributed by atoms with van der Waals surface area (Å²) >= 11 is 5.99. The highest BCUT2D eigenvalue weighted by Gasteiger charge is 2.28. The summed E-state index contributed by atoms with van der Waals surface area (Å²) in [7, 11) is 0. The molecule has 0 bridgehead atoms. The Kier molecular flexibility index (Phi) is 5.02. The number of hydrogen-bond acceptors (Lipinski definition) is 2. The van der Waals surface area contributed by atoms with E-state index < -0.39 is 0 Å². The number of primary amides is 1. The quantitative estimate of drug-likeness (QED) is 0.869. The molecule has 21 heavy (non-hydrogen) atoms. The van der Waals surface area contributed by atoms with Gasteiger partial charge in [-0.1, -0.05) is 30.7 Å². The van der Waals surface area contributed by atoms with E-state index in [0.29, 0.717) is 24.5 Å². The van der Waals surface area contributed by atoms with Gasteiger partial charge in [-0.05, 0) is 36.1 Å². The Labute approximate surface area is 129 Å². The van der Waals surface area contributed by atoms with Crippen LogP contribution in [0.2, 0.25) is 5.02 Å². The molecule has 1 aromatic carbocycles. The first-order valence-electron chi connectivity index (χ1n) is 7.06. The molecule has 0 aliphatic carbocycles. The van der Waals surface area contributed by atoms with Crippen LogP contribution in [0.1, 0.15) is 25.3 Å². The number of benzene rings is 1. The number of rotatable bonds is 4. The maximum atomic E-state index is 12.3. The summed E-state index contributed by atoms with van der Waals surface area (Å²) < 4.78 is 0. The van der Waals surface area contributed by atoms with Crippen molar-refractivity contribution in [1.82, 2.24) is 4.90 Å². The Morgan fingerprint density at radius 2 is 2.24 bits per heavy atom. The van der Waals surface area contributed by atoms with Crippen molar-refractivity contribution in [3.8, 4) is 0 Å². The largest absolute Gasteiger partial charge is 0.369 e. The molecule has 5 heteroatoms. The van der Waals surface area contributed by atoms with E-state index in [0.717, 1.165) is 17.6 Å². The highest BCUT2D eigenvalue weighted by molar-refractivity contribution is 6.30. The number of nitrogens with two attached hydrogens (primary N) is 1. The Balaban J connectivity index is 2.13. The summed E-state index contributed by atoms with van der Waals surface area (Å²) in [4.78, 5) is 25.1. The smallest absolute Gasteiger partial charge is 0.246 e. The zero-order valence-electron chi connectivity index (χ0n) is 12.0. The van der Waals surface area contributed by atoms with Crippen LogP contribution in [0.4, 0.5) is 0 Å². The predicted molar refractivity (Wildman–Crippen MR) is 83.6 cm³/mol. The Morgan fingerprint density at radius 3 is 2.81 bits per heavy atom. The summed E-state index contributed by atoms with van der Waals surface area (Å²) in [6, 6.07) is 7.45. The number of allylic oxidation sites excluding steroid dienone is 1. The summed E-state index contributed by atoms with van der Waals surface area (Å²) in [6.07, 6.45) is 3.02. The number of nitrogens with zero attached hydrogens (tertiary/aromatic N) is 1. The summed E-state index contributed by atoms with van der Waals surface area (Å²) in [5.41, 5.74) is 7.17. The fourth-order valence-electron chi connectivity index (χ4n) is 2.51. The molecule has 4 nitrogen and oxygen atoms in total. The van der Waals surface area contributed by atoms with Crippen LogP contribution in [0.15, 0.2) is 30.3 Å². The van der Waals surface area contributed by atoms with Crippen LogP contribution in [-0.2, 0) is 9.59 Å². The van der Waals surface area contributed by atoms with Gasteiger partial charge in [-0.15, -0.1) is 0 Å². The molecule has 1 aliphatic rings. The number of halogens is 1. The van der Waals surface area contributed by atoms with E-state index in [4.69, 9.17) is 17.3 Å². The minimum atomic E-state index is -0.333. The molecule has 112 valence electrons. The molecule has 1 aliphatic heterocycles. The van der Waals surface area contributed by atoms with Gasteiger partial charge >= 0.3 is 0 Å². The van der Waals surface area contributed by atoms with Crippen LogP contribution < -0.4 is 5.73 Å². The summed E-state index contributed by atoms with van der Waals surface area (Å²) in [5.74, 6) is -0.631. The number of amides is 2. The van der Waals surface area contributed by atoms with Crippen LogP contribution >= 0.6 is 11.6 Å². The van der Waals surface area contributed by atoms with E-state index in [2.05, 4.69) is 0 Å². The van der Waals surface area contributed by atoms with E-state index in [9.17, 15) is 9.59 Å². The zero-order valence-corrected chi connectivity index (χ0v) is 12.8. The average molecular weight is 307 g/mol. The van der Waals surface area contributed by atoms with Crippen molar-refractivity contribution >= 4 is 29.0 Å². The minimum absolute atomic E-state index is 0.0735. The minimum Gasteiger partial charge on any atom is -0.369 e. The van der Waals surface area contributed by atoms with Crippen molar-refractivity contribution in [2.24, 2.45) is 11.7 Å². The van der Waals surface area contributed by atoms with E-state index in [1.165, 1.54) is 0 Å². The van der Waals surface area contributed by atoms with Gasteiger partial charge in [0.25, 0.3) is 0 Å². The van der Waals surface area contributed by atoms with Gasteiger partial charge in [0.2, 0.25) is 11.8 Å². The lowest BCUT2D eigenvalue weighted by Crippen LogP contribution is -2.30. The molecule has 1 unspecified atom stereocenters. The van der Waals surface area contributed by atoms with Crippen molar-refractivity contribution in [1.29, 1.82) is 0 Å². The van der Waals surface area contributed by atoms with Gasteiger partial charge in [0.15, 0.2) is 0 Å². The summed E-state index contributed by atoms with van der Waals surface area (Å²) in [6.45, 7) is 2.99. The zero-order chi connectivity index (χ0) is 15.4. The van der Waals surface area contributed by atoms with E-state index in [-0.39, 0.29) is 17.7 Å². The standard InChI is InChI=1S/C16H19ClN2O2/c1-2-11(12-4-3-5-14(17)8-12)9-15(20)19-7-6-13(10-19)16(18)21/h3-5,8-9,13H,2,6-7,10H2,1H3,(H2,18,21)/b11-9-. The number of hydrogen-bond donors (Lipinski definition) is 1. The van der Waals surface area contributed by atoms with Crippen molar-refractivity contribution in [3.05, 3.63) is 40.9 Å². The normalized spacial score (nSPS) is 18.9. The average Bonchev–Trinajstić information content (AvgIpc) is 2.94. The van der Waals surface area contributed by atoms with Crippen LogP contribution in [0.3, 0.4) is 0 Å². The second-order valence-corrected chi connectivity index (χ2v) is 5.64. The lowest BCUT2D eigenvalue weighted by atomic mass is 10.0. The van der Waals surface area contributed by atoms with Gasteiger partial charge in [-0.25, -0.2) is 0 Å². The third kappa shape index (κ3) is 3.85. The third-order valence-electron chi connectivity index (χ3n) is 3.78. The lowest BCUT2D eigenvalue weighted by molar-refractivity contribution is -0.125. The predicted octanol–water partition coefficient (Wildman–Crippen LogP) is 2.47. The second kappa shape index (κ2) is 6.76. The highest BCUT2D eigenvalue weighted by Crippen LogP contribution is 2.23. The molecule has 2 amide bonds. The van der Waals surface area contributed by atoms with Gasteiger partial charge in [0, 0.05) is 24.2 Å². The SMILES string of the molecule is CC/C(=C/C(=O)N1CCC(C(N)=O)C1)c1cccc(Cl)c1. The number of carbonyl (C=O) groups is 2. The molecule has 1 heterocycles. The lowest BCUT2D eigenvalue weighted by Gasteiger charge is -2.15. The van der Waals surface area contributed by atoms with Crippen LogP contribution in [0, 0.1) is 5.92 Å². The topological polar surface area (TPSA) is 63.4 Å². The first-order chi connectivity index (χ1) is 10.0. The van der Waals surface area contributed by atoms with Crippen molar-refractivity contribution in [2.75, 3.05) is 13.1 Å². The number of likely N-dealkylation sites (tertiary alicyclic amines) is 1. The van der Waals surface area contributed by atoms with Crippen molar-refractivity contribution in [2.45, 2.75) is 19.8 Å². The Hall–Kier alpha value is -1.81. The van der Waals surface area contributed by atoms with E-state index in [1.54, 1.807) is 17.0 Å². The molecule has 0 spiro atoms. The second-order valence-electron chi connectivity index (χ2n) is 5.21. The van der Waals surface area contributed by atoms with E-state index in [1.807, 2.05) is 25.1 Å². The molecular weight excluding hydrogens is 288 g/mol. The molecule has 1 fully saturated rings. The third-order valence-corrected chi connectivity index (χ3v) is 4.01. The molecule has 1 saturated heterocycles. The van der Waals surface area contributed by atoms with Crippen LogP contribution in [0.25, 0.3) is 5.57 Å². The molecule has 1 aromatic rings. The van der Waals surface area contributed by atoms with E-state index >= 15 is 0 Å². The molecule has 0 aromatic heterocycles. The van der Waals surface area contributed by atoms with Crippen LogP contribution in [0.5, 0.6) is 0 Å². The Morgan fingerprint density at radius 1 is 1.48 bits per heavy atom. The molecular formula is C16H19ClN2O2. The van der Waals surface area contributed by atoms with Gasteiger partial charge < -0.3 is 10.6 Å². The van der Waals surface area contributed by atoms with Crippen LogP contribution in [-0.4, -0.2) is 29.8 Å². The van der Waals surface area contributed by atoms with Gasteiger partial charge in [-0.3, -0.25) is 9.59 Å². The fourth-order valence-corrected chi connectivity index (χ4v) is 2.70. The maximum absolute atomic E-state index is 12.3. The number of carbonyl (C=O) groups excluding carboxylic acids is 2. The van der Waals surface area contributed by atoms with Crippen molar-refractivity contribution in [3.63, 3.8) is 0 Å². The molecule has 0 radical (unpaired) electrons. The molecule has 1 atom stereocenters. The van der Waals surface area contributed by atoms with Gasteiger partial charge in [-0.2, -0.15) is 0 Å². The first-order valence-corrected chi connectivity index (χ1v) is 7.43. The van der Waals surface area contributed by atoms with Gasteiger partial charge in [0.1, 0.15) is 0 Å². The molecule has 2 N–H and O–H groups in total. The Bertz CT molecular complexity index is 583. The maximum Gasteiger partial charge on any atom is 0.246 e. The molecule has 2 rings (SSSR count). The fraction of sp³-hybridized carbons (Fsp3) is 0.375. The van der Waals surface area contributed by atoms with Gasteiger partial charge in [0.05, 0.1) is 5.92 Å². The highest BCUT2D eigenvalue weighted by atomic mass is 35.5. The van der Waals surface area contributed by atoms with Crippen molar-refractivity contribution < 1.29 is 9.59 Å².